The second-order valence-corrected chi connectivity index (χ2v) is 7.81. The lowest BCUT2D eigenvalue weighted by Crippen LogP contribution is -2.26. The molecule has 1 N–H and O–H groups in total. The van der Waals surface area contributed by atoms with Gasteiger partial charge in [-0.1, -0.05) is 30.3 Å². The molecule has 0 bridgehead atoms. The molecule has 140 valence electrons. The average Bonchev–Trinajstić information content (AvgIpc) is 2.63. The smallest absolute Gasteiger partial charge is 0.243 e. The summed E-state index contributed by atoms with van der Waals surface area (Å²) in [5.41, 5.74) is 1.47. The van der Waals surface area contributed by atoms with Crippen LogP contribution in [0, 0.1) is 0 Å². The molecule has 26 heavy (non-hydrogen) atoms. The third kappa shape index (κ3) is 5.66. The molecule has 0 unspecified atom stereocenters. The Labute approximate surface area is 154 Å². The van der Waals surface area contributed by atoms with E-state index in [0.29, 0.717) is 25.4 Å². The van der Waals surface area contributed by atoms with Crippen LogP contribution in [0.4, 0.5) is 5.69 Å². The maximum absolute atomic E-state index is 12.7. The summed E-state index contributed by atoms with van der Waals surface area (Å²) in [4.78, 5) is 11.9. The van der Waals surface area contributed by atoms with Crippen molar-refractivity contribution in [2.24, 2.45) is 0 Å². The Hall–Kier alpha value is -2.22. The predicted molar refractivity (Wildman–Crippen MR) is 101 cm³/mol. The molecule has 0 radical (unpaired) electrons. The minimum absolute atomic E-state index is 0.171. The van der Waals surface area contributed by atoms with Gasteiger partial charge in [0.2, 0.25) is 15.9 Å². The summed E-state index contributed by atoms with van der Waals surface area (Å²) < 4.78 is 31.8. The topological polar surface area (TPSA) is 75.7 Å². The molecule has 0 atom stereocenters. The van der Waals surface area contributed by atoms with Crippen LogP contribution in [-0.4, -0.2) is 38.9 Å². The van der Waals surface area contributed by atoms with Gasteiger partial charge < -0.3 is 10.1 Å². The van der Waals surface area contributed by atoms with Crippen LogP contribution in [0.2, 0.25) is 0 Å². The normalized spacial score (nSPS) is 11.5. The van der Waals surface area contributed by atoms with Crippen molar-refractivity contribution in [3.8, 4) is 0 Å². The standard InChI is InChI=1S/C19H24N2O4S/c1-3-25-14-13-19(22)20-17-9-11-18(12-10-17)26(23,24)21(2)15-16-7-5-4-6-8-16/h4-12H,3,13-15H2,1-2H3,(H,20,22). The number of nitrogens with zero attached hydrogens (tertiary/aromatic N) is 1. The van der Waals surface area contributed by atoms with Gasteiger partial charge in [-0.3, -0.25) is 4.79 Å². The van der Waals surface area contributed by atoms with Gasteiger partial charge in [0.15, 0.2) is 0 Å². The molecule has 0 spiro atoms. The highest BCUT2D eigenvalue weighted by Crippen LogP contribution is 2.19. The molecule has 0 aliphatic heterocycles. The number of amides is 1. The van der Waals surface area contributed by atoms with E-state index in [2.05, 4.69) is 5.32 Å². The van der Waals surface area contributed by atoms with Crippen molar-refractivity contribution in [2.75, 3.05) is 25.6 Å². The van der Waals surface area contributed by atoms with Crippen LogP contribution in [0.1, 0.15) is 18.9 Å². The van der Waals surface area contributed by atoms with E-state index in [-0.39, 0.29) is 17.2 Å². The van der Waals surface area contributed by atoms with E-state index in [9.17, 15) is 13.2 Å². The monoisotopic (exact) mass is 376 g/mol. The molecule has 2 aromatic rings. The number of nitrogens with one attached hydrogen (secondary N) is 1. The van der Waals surface area contributed by atoms with Gasteiger partial charge in [-0.2, -0.15) is 4.31 Å². The fourth-order valence-corrected chi connectivity index (χ4v) is 3.51. The number of sulfonamides is 1. The summed E-state index contributed by atoms with van der Waals surface area (Å²) in [5, 5.41) is 2.72. The highest BCUT2D eigenvalue weighted by Gasteiger charge is 2.20. The number of hydrogen-bond donors (Lipinski definition) is 1. The number of carbonyl (C=O) groups is 1. The third-order valence-corrected chi connectivity index (χ3v) is 5.59. The maximum Gasteiger partial charge on any atom is 0.243 e. The predicted octanol–water partition coefficient (Wildman–Crippen LogP) is 2.87. The lowest BCUT2D eigenvalue weighted by atomic mass is 10.2. The summed E-state index contributed by atoms with van der Waals surface area (Å²) in [6.45, 7) is 3.08. The van der Waals surface area contributed by atoms with Crippen LogP contribution in [-0.2, 0) is 26.1 Å². The van der Waals surface area contributed by atoms with Crippen molar-refractivity contribution in [3.05, 3.63) is 60.2 Å². The Morgan fingerprint density at radius 2 is 1.73 bits per heavy atom. The number of hydrogen-bond acceptors (Lipinski definition) is 4. The number of rotatable bonds is 9. The van der Waals surface area contributed by atoms with Gasteiger partial charge in [0.1, 0.15) is 0 Å². The zero-order valence-electron chi connectivity index (χ0n) is 15.0. The molecule has 7 heteroatoms. The van der Waals surface area contributed by atoms with E-state index < -0.39 is 10.0 Å². The van der Waals surface area contributed by atoms with Crippen molar-refractivity contribution in [1.29, 1.82) is 0 Å². The largest absolute Gasteiger partial charge is 0.381 e. The summed E-state index contributed by atoms with van der Waals surface area (Å²) in [6.07, 6.45) is 0.258. The van der Waals surface area contributed by atoms with E-state index in [1.807, 2.05) is 37.3 Å². The van der Waals surface area contributed by atoms with Gasteiger partial charge in [0.05, 0.1) is 17.9 Å². The number of anilines is 1. The molecular weight excluding hydrogens is 352 g/mol. The Kier molecular flexibility index (Phi) is 7.32. The molecule has 2 rings (SSSR count). The molecule has 0 aliphatic rings. The molecule has 0 saturated carbocycles. The molecule has 1 amide bonds. The van der Waals surface area contributed by atoms with Gasteiger partial charge >= 0.3 is 0 Å². The Balaban J connectivity index is 2.00. The quantitative estimate of drug-likeness (QED) is 0.683. The first-order valence-electron chi connectivity index (χ1n) is 8.41. The SMILES string of the molecule is CCOCCC(=O)Nc1ccc(S(=O)(=O)N(C)Cc2ccccc2)cc1. The van der Waals surface area contributed by atoms with Crippen LogP contribution in [0.3, 0.4) is 0 Å². The van der Waals surface area contributed by atoms with Crippen LogP contribution in [0.15, 0.2) is 59.5 Å². The Morgan fingerprint density at radius 1 is 1.08 bits per heavy atom. The van der Waals surface area contributed by atoms with Crippen LogP contribution in [0.25, 0.3) is 0 Å². The molecule has 6 nitrogen and oxygen atoms in total. The van der Waals surface area contributed by atoms with E-state index in [0.717, 1.165) is 5.56 Å². The number of benzene rings is 2. The van der Waals surface area contributed by atoms with Gasteiger partial charge in [-0.25, -0.2) is 8.42 Å². The van der Waals surface area contributed by atoms with Crippen molar-refractivity contribution in [3.63, 3.8) is 0 Å². The summed E-state index contributed by atoms with van der Waals surface area (Å²) in [6, 6.07) is 15.6. The van der Waals surface area contributed by atoms with Crippen molar-refractivity contribution >= 4 is 21.6 Å². The van der Waals surface area contributed by atoms with E-state index in [4.69, 9.17) is 4.74 Å². The molecule has 0 aromatic heterocycles. The molecule has 0 fully saturated rings. The zero-order chi connectivity index (χ0) is 19.0. The lowest BCUT2D eigenvalue weighted by molar-refractivity contribution is -0.117. The van der Waals surface area contributed by atoms with Crippen molar-refractivity contribution < 1.29 is 17.9 Å². The fourth-order valence-electron chi connectivity index (χ4n) is 2.35. The van der Waals surface area contributed by atoms with Crippen LogP contribution < -0.4 is 5.32 Å². The first-order chi connectivity index (χ1) is 12.4. The average molecular weight is 376 g/mol. The maximum atomic E-state index is 12.7. The van der Waals surface area contributed by atoms with E-state index in [1.54, 1.807) is 19.2 Å². The van der Waals surface area contributed by atoms with Crippen molar-refractivity contribution in [2.45, 2.75) is 24.8 Å². The van der Waals surface area contributed by atoms with Crippen LogP contribution >= 0.6 is 0 Å². The lowest BCUT2D eigenvalue weighted by Gasteiger charge is -2.17. The zero-order valence-corrected chi connectivity index (χ0v) is 15.8. The minimum atomic E-state index is -3.60. The van der Waals surface area contributed by atoms with Gasteiger partial charge in [-0.15, -0.1) is 0 Å². The first kappa shape index (κ1) is 20.1. The molecule has 0 saturated heterocycles. The van der Waals surface area contributed by atoms with Gasteiger partial charge in [0, 0.05) is 25.9 Å². The second-order valence-electron chi connectivity index (χ2n) is 5.77. The second kappa shape index (κ2) is 9.47. The highest BCUT2D eigenvalue weighted by atomic mass is 32.2. The minimum Gasteiger partial charge on any atom is -0.381 e. The molecule has 0 heterocycles. The highest BCUT2D eigenvalue weighted by molar-refractivity contribution is 7.89. The Bertz CT molecular complexity index is 805. The summed E-state index contributed by atoms with van der Waals surface area (Å²) in [7, 11) is -2.05. The molecular formula is C19H24N2O4S. The number of ether oxygens (including phenoxy) is 1. The van der Waals surface area contributed by atoms with E-state index >= 15 is 0 Å². The van der Waals surface area contributed by atoms with Gasteiger partial charge in [-0.05, 0) is 36.8 Å². The Morgan fingerprint density at radius 3 is 2.35 bits per heavy atom. The first-order valence-corrected chi connectivity index (χ1v) is 9.85. The molecule has 2 aromatic carbocycles. The van der Waals surface area contributed by atoms with Crippen molar-refractivity contribution in [1.82, 2.24) is 4.31 Å². The van der Waals surface area contributed by atoms with Gasteiger partial charge in [0.25, 0.3) is 0 Å². The number of carbonyl (C=O) groups excluding carboxylic acids is 1. The summed E-state index contributed by atoms with van der Waals surface area (Å²) >= 11 is 0. The van der Waals surface area contributed by atoms with Crippen LogP contribution in [0.5, 0.6) is 0 Å². The third-order valence-electron chi connectivity index (χ3n) is 3.77. The molecule has 0 aliphatic carbocycles. The fraction of sp³-hybridized carbons (Fsp3) is 0.316. The summed E-state index contributed by atoms with van der Waals surface area (Å²) in [5.74, 6) is -0.171. The van der Waals surface area contributed by atoms with E-state index in [1.165, 1.54) is 16.4 Å².